The molecule has 77 heavy (non-hydrogen) atoms. The number of ether oxygens (including phenoxy) is 3. The largest absolute Gasteiger partial charge is 0.462 e. The third-order valence-corrected chi connectivity index (χ3v) is 14.4. The first-order valence-corrected chi connectivity index (χ1v) is 33.1. The summed E-state index contributed by atoms with van der Waals surface area (Å²) in [6.07, 6.45) is 86.1. The Hall–Kier alpha value is -3.41. The summed E-state index contributed by atoms with van der Waals surface area (Å²) in [5, 5.41) is 0. The summed E-state index contributed by atoms with van der Waals surface area (Å²) in [6, 6.07) is 0. The Labute approximate surface area is 477 Å². The molecule has 0 N–H and O–H groups in total. The zero-order chi connectivity index (χ0) is 55.7. The van der Waals surface area contributed by atoms with E-state index in [1.54, 1.807) is 0 Å². The average molecular weight is 1070 g/mol. The van der Waals surface area contributed by atoms with E-state index in [1.165, 1.54) is 186 Å². The van der Waals surface area contributed by atoms with Crippen molar-refractivity contribution in [3.05, 3.63) is 85.1 Å². The molecule has 0 aromatic rings. The normalized spacial score (nSPS) is 12.6. The first kappa shape index (κ1) is 73.6. The van der Waals surface area contributed by atoms with Crippen molar-refractivity contribution < 1.29 is 28.6 Å². The minimum Gasteiger partial charge on any atom is -0.462 e. The predicted molar refractivity (Wildman–Crippen MR) is 334 cm³/mol. The molecule has 444 valence electrons. The van der Waals surface area contributed by atoms with Crippen molar-refractivity contribution in [2.75, 3.05) is 13.2 Å². The van der Waals surface area contributed by atoms with Crippen LogP contribution in [0, 0.1) is 0 Å². The van der Waals surface area contributed by atoms with Crippen molar-refractivity contribution in [3.63, 3.8) is 0 Å². The van der Waals surface area contributed by atoms with Gasteiger partial charge in [-0.2, -0.15) is 0 Å². The van der Waals surface area contributed by atoms with Crippen LogP contribution in [0.15, 0.2) is 85.1 Å². The van der Waals surface area contributed by atoms with E-state index in [0.29, 0.717) is 19.3 Å². The van der Waals surface area contributed by atoms with Crippen LogP contribution in [-0.2, 0) is 28.6 Å². The van der Waals surface area contributed by atoms with E-state index < -0.39 is 6.10 Å². The van der Waals surface area contributed by atoms with Gasteiger partial charge in [0.05, 0.1) is 0 Å². The van der Waals surface area contributed by atoms with E-state index in [0.717, 1.165) is 103 Å². The minimum absolute atomic E-state index is 0.0872. The smallest absolute Gasteiger partial charge is 0.306 e. The molecule has 0 aliphatic heterocycles. The topological polar surface area (TPSA) is 78.9 Å². The van der Waals surface area contributed by atoms with Gasteiger partial charge in [-0.25, -0.2) is 0 Å². The number of esters is 3. The summed E-state index contributed by atoms with van der Waals surface area (Å²) in [5.74, 6) is -0.913. The molecular formula is C71H124O6. The molecule has 6 heteroatoms. The second kappa shape index (κ2) is 65.1. The Kier molecular flexibility index (Phi) is 62.2. The molecule has 0 rings (SSSR count). The number of carbonyl (C=O) groups excluding carboxylic acids is 3. The lowest BCUT2D eigenvalue weighted by molar-refractivity contribution is -0.167. The highest BCUT2D eigenvalue weighted by atomic mass is 16.6. The van der Waals surface area contributed by atoms with Crippen LogP contribution in [0.4, 0.5) is 0 Å². The molecule has 1 unspecified atom stereocenters. The highest BCUT2D eigenvalue weighted by Crippen LogP contribution is 2.17. The number of hydrogen-bond donors (Lipinski definition) is 0. The molecular weight excluding hydrogens is 949 g/mol. The third-order valence-electron chi connectivity index (χ3n) is 14.4. The lowest BCUT2D eigenvalue weighted by atomic mass is 10.0. The summed E-state index contributed by atoms with van der Waals surface area (Å²) < 4.78 is 16.9. The molecule has 1 atom stereocenters. The standard InChI is InChI=1S/C71H124O6/c1-4-7-10-13-16-19-22-25-27-29-30-31-32-33-34-35-36-37-38-39-40-42-43-46-49-52-55-58-61-64-70(73)76-67-68(66-75-69(72)63-60-57-54-51-48-45-24-21-18-15-12-9-6-3)77-71(74)65-62-59-56-53-50-47-44-41-28-26-23-20-17-14-11-8-5-2/h9,12,17-18,20-22,25-26,28-30,45,48,68H,4-8,10-11,13-16,19,23-24,27,31-44,46-47,49-67H2,1-3H3/b12-9-,20-17-,21-18-,25-22-,28-26-,30-29-,48-45-. The maximum Gasteiger partial charge on any atom is 0.306 e. The monoisotopic (exact) mass is 1070 g/mol. The van der Waals surface area contributed by atoms with E-state index in [1.807, 2.05) is 0 Å². The Morgan fingerprint density at radius 2 is 0.506 bits per heavy atom. The van der Waals surface area contributed by atoms with Gasteiger partial charge >= 0.3 is 17.9 Å². The number of hydrogen-bond acceptors (Lipinski definition) is 6. The lowest BCUT2D eigenvalue weighted by Crippen LogP contribution is -2.30. The number of unbranched alkanes of at least 4 members (excludes halogenated alkanes) is 35. The Morgan fingerprint density at radius 1 is 0.273 bits per heavy atom. The van der Waals surface area contributed by atoms with Crippen LogP contribution >= 0.6 is 0 Å². The van der Waals surface area contributed by atoms with Crippen molar-refractivity contribution in [1.29, 1.82) is 0 Å². The summed E-state index contributed by atoms with van der Waals surface area (Å²) in [6.45, 7) is 6.49. The molecule has 0 saturated carbocycles. The fourth-order valence-corrected chi connectivity index (χ4v) is 9.40. The van der Waals surface area contributed by atoms with Crippen molar-refractivity contribution in [2.24, 2.45) is 0 Å². The fraction of sp³-hybridized carbons (Fsp3) is 0.761. The average Bonchev–Trinajstić information content (AvgIpc) is 3.43. The van der Waals surface area contributed by atoms with Crippen LogP contribution in [0.2, 0.25) is 0 Å². The minimum atomic E-state index is -0.793. The first-order chi connectivity index (χ1) is 38.0. The van der Waals surface area contributed by atoms with Gasteiger partial charge < -0.3 is 14.2 Å². The maximum atomic E-state index is 12.9. The van der Waals surface area contributed by atoms with E-state index in [9.17, 15) is 14.4 Å². The van der Waals surface area contributed by atoms with Gasteiger partial charge in [-0.05, 0) is 116 Å². The molecule has 0 fully saturated rings. The lowest BCUT2D eigenvalue weighted by Gasteiger charge is -2.18. The molecule has 0 bridgehead atoms. The summed E-state index contributed by atoms with van der Waals surface area (Å²) in [7, 11) is 0. The van der Waals surface area contributed by atoms with Crippen molar-refractivity contribution in [2.45, 2.75) is 335 Å². The van der Waals surface area contributed by atoms with Crippen molar-refractivity contribution >= 4 is 17.9 Å². The fourth-order valence-electron chi connectivity index (χ4n) is 9.40. The van der Waals surface area contributed by atoms with Gasteiger partial charge in [-0.3, -0.25) is 14.4 Å². The summed E-state index contributed by atoms with van der Waals surface area (Å²) in [4.78, 5) is 38.3. The van der Waals surface area contributed by atoms with Gasteiger partial charge in [0.15, 0.2) is 6.10 Å². The molecule has 0 aromatic carbocycles. The molecule has 0 aliphatic carbocycles. The zero-order valence-corrected chi connectivity index (χ0v) is 51.0. The highest BCUT2D eigenvalue weighted by Gasteiger charge is 2.19. The predicted octanol–water partition coefficient (Wildman–Crippen LogP) is 22.7. The van der Waals surface area contributed by atoms with Gasteiger partial charge in [-0.1, -0.05) is 279 Å². The molecule has 0 aliphatic rings. The Morgan fingerprint density at radius 3 is 0.831 bits per heavy atom. The Balaban J connectivity index is 4.23. The SMILES string of the molecule is CC/C=C\C/C=C\C/C=C\CCCCCC(=O)OCC(COC(=O)CCCCCCCCCCCCCCCCCCC/C=C\C/C=C\CCCCCCC)OC(=O)CCCCCCCCC/C=C\C/C=C\CCCCC. The Bertz CT molecular complexity index is 1470. The third kappa shape index (κ3) is 63.3. The zero-order valence-electron chi connectivity index (χ0n) is 51.0. The molecule has 0 heterocycles. The van der Waals surface area contributed by atoms with Crippen LogP contribution in [0.25, 0.3) is 0 Å². The summed E-state index contributed by atoms with van der Waals surface area (Å²) in [5.41, 5.74) is 0. The second-order valence-electron chi connectivity index (χ2n) is 22.0. The van der Waals surface area contributed by atoms with Crippen LogP contribution in [0.1, 0.15) is 329 Å². The molecule has 0 saturated heterocycles. The van der Waals surface area contributed by atoms with Crippen molar-refractivity contribution in [1.82, 2.24) is 0 Å². The van der Waals surface area contributed by atoms with E-state index >= 15 is 0 Å². The second-order valence-corrected chi connectivity index (χ2v) is 22.0. The van der Waals surface area contributed by atoms with E-state index in [-0.39, 0.29) is 31.1 Å². The van der Waals surface area contributed by atoms with Crippen molar-refractivity contribution in [3.8, 4) is 0 Å². The molecule has 0 amide bonds. The number of rotatable bonds is 60. The summed E-state index contributed by atoms with van der Waals surface area (Å²) >= 11 is 0. The quantitative estimate of drug-likeness (QED) is 0.0261. The van der Waals surface area contributed by atoms with E-state index in [4.69, 9.17) is 14.2 Å². The molecule has 0 spiro atoms. The van der Waals surface area contributed by atoms with Gasteiger partial charge in [-0.15, -0.1) is 0 Å². The number of allylic oxidation sites excluding steroid dienone is 14. The van der Waals surface area contributed by atoms with Gasteiger partial charge in [0.25, 0.3) is 0 Å². The van der Waals surface area contributed by atoms with Crippen LogP contribution in [0.3, 0.4) is 0 Å². The molecule has 0 radical (unpaired) electrons. The van der Waals surface area contributed by atoms with Crippen LogP contribution < -0.4 is 0 Å². The molecule has 6 nitrogen and oxygen atoms in total. The highest BCUT2D eigenvalue weighted by molar-refractivity contribution is 5.71. The van der Waals surface area contributed by atoms with Gasteiger partial charge in [0.2, 0.25) is 0 Å². The molecule has 0 aromatic heterocycles. The van der Waals surface area contributed by atoms with Gasteiger partial charge in [0, 0.05) is 19.3 Å². The number of carbonyl (C=O) groups is 3. The maximum absolute atomic E-state index is 12.9. The van der Waals surface area contributed by atoms with Gasteiger partial charge in [0.1, 0.15) is 13.2 Å². The van der Waals surface area contributed by atoms with Crippen LogP contribution in [0.5, 0.6) is 0 Å². The van der Waals surface area contributed by atoms with Crippen LogP contribution in [-0.4, -0.2) is 37.2 Å². The first-order valence-electron chi connectivity index (χ1n) is 33.1. The van der Waals surface area contributed by atoms with E-state index in [2.05, 4.69) is 106 Å².